The third-order valence-corrected chi connectivity index (χ3v) is 4.15. The van der Waals surface area contributed by atoms with Gasteiger partial charge in [0.2, 0.25) is 0 Å². The van der Waals surface area contributed by atoms with E-state index in [-0.39, 0.29) is 6.61 Å². The van der Waals surface area contributed by atoms with Crippen molar-refractivity contribution in [3.63, 3.8) is 0 Å². The molecule has 0 aliphatic rings. The van der Waals surface area contributed by atoms with E-state index < -0.39 is 6.10 Å². The van der Waals surface area contributed by atoms with E-state index in [4.69, 9.17) is 18.9 Å². The average molecular weight is 375 g/mol. The molecule has 148 valence electrons. The number of rotatable bonds is 12. The summed E-state index contributed by atoms with van der Waals surface area (Å²) in [6.45, 7) is 2.75. The van der Waals surface area contributed by atoms with E-state index in [2.05, 4.69) is 4.90 Å². The zero-order valence-electron chi connectivity index (χ0n) is 16.3. The van der Waals surface area contributed by atoms with E-state index in [1.54, 1.807) is 21.3 Å². The Balaban J connectivity index is 1.86. The van der Waals surface area contributed by atoms with Gasteiger partial charge in [-0.2, -0.15) is 0 Å². The van der Waals surface area contributed by atoms with Gasteiger partial charge >= 0.3 is 0 Å². The fourth-order valence-corrected chi connectivity index (χ4v) is 2.66. The first-order valence-corrected chi connectivity index (χ1v) is 8.93. The second-order valence-electron chi connectivity index (χ2n) is 6.22. The van der Waals surface area contributed by atoms with Crippen LogP contribution in [-0.4, -0.2) is 63.7 Å². The minimum absolute atomic E-state index is 0.221. The van der Waals surface area contributed by atoms with Crippen LogP contribution in [0, 0.1) is 0 Å². The first-order chi connectivity index (χ1) is 13.1. The summed E-state index contributed by atoms with van der Waals surface area (Å²) in [6, 6.07) is 15.2. The first-order valence-electron chi connectivity index (χ1n) is 8.93. The number of hydrogen-bond donors (Lipinski definition) is 1. The van der Waals surface area contributed by atoms with Gasteiger partial charge in [0.1, 0.15) is 30.0 Å². The summed E-state index contributed by atoms with van der Waals surface area (Å²) in [5, 5.41) is 10.4. The van der Waals surface area contributed by atoms with Crippen LogP contribution in [0.5, 0.6) is 17.2 Å². The quantitative estimate of drug-likeness (QED) is 0.615. The number of hydrogen-bond acceptors (Lipinski definition) is 6. The lowest BCUT2D eigenvalue weighted by Crippen LogP contribution is -2.37. The molecule has 0 saturated heterocycles. The number of aliphatic hydroxyl groups excluding tert-OH is 1. The second-order valence-corrected chi connectivity index (χ2v) is 6.22. The summed E-state index contributed by atoms with van der Waals surface area (Å²) in [4.78, 5) is 2.15. The van der Waals surface area contributed by atoms with Crippen molar-refractivity contribution in [2.75, 3.05) is 47.6 Å². The van der Waals surface area contributed by atoms with Gasteiger partial charge in [-0.25, -0.2) is 0 Å². The maximum absolute atomic E-state index is 10.4. The third kappa shape index (κ3) is 7.46. The van der Waals surface area contributed by atoms with Crippen molar-refractivity contribution < 1.29 is 24.1 Å². The number of methoxy groups -OCH3 is 3. The molecule has 0 spiro atoms. The van der Waals surface area contributed by atoms with E-state index in [1.807, 2.05) is 48.5 Å². The summed E-state index contributed by atoms with van der Waals surface area (Å²) in [7, 11) is 4.95. The lowest BCUT2D eigenvalue weighted by molar-refractivity contribution is 0.0542. The Hall–Kier alpha value is -2.28. The van der Waals surface area contributed by atoms with Gasteiger partial charge in [-0.1, -0.05) is 12.1 Å². The molecule has 1 N–H and O–H groups in total. The van der Waals surface area contributed by atoms with Crippen LogP contribution in [0.25, 0.3) is 0 Å². The van der Waals surface area contributed by atoms with Gasteiger partial charge in [0.05, 0.1) is 20.8 Å². The Morgan fingerprint density at radius 3 is 1.96 bits per heavy atom. The predicted molar refractivity (Wildman–Crippen MR) is 105 cm³/mol. The smallest absolute Gasteiger partial charge is 0.119 e. The van der Waals surface area contributed by atoms with Crippen molar-refractivity contribution in [2.45, 2.75) is 12.6 Å². The van der Waals surface area contributed by atoms with Crippen molar-refractivity contribution in [3.8, 4) is 17.2 Å². The minimum Gasteiger partial charge on any atom is -0.497 e. The monoisotopic (exact) mass is 375 g/mol. The highest BCUT2D eigenvalue weighted by molar-refractivity contribution is 5.31. The molecule has 0 bridgehead atoms. The molecule has 0 aliphatic carbocycles. The van der Waals surface area contributed by atoms with Gasteiger partial charge in [-0.15, -0.1) is 0 Å². The molecule has 6 heteroatoms. The molecule has 0 radical (unpaired) electrons. The fraction of sp³-hybridized carbons (Fsp3) is 0.429. The molecule has 6 nitrogen and oxygen atoms in total. The number of nitrogens with zero attached hydrogens (tertiary/aromatic N) is 1. The SMILES string of the molecule is COCCN(Cc1ccc(OC)cc1)CC(O)COc1ccc(OC)cc1. The van der Waals surface area contributed by atoms with Crippen LogP contribution >= 0.6 is 0 Å². The Labute approximate surface area is 161 Å². The van der Waals surface area contributed by atoms with Gasteiger partial charge in [0, 0.05) is 26.7 Å². The van der Waals surface area contributed by atoms with Gasteiger partial charge < -0.3 is 24.1 Å². The Bertz CT molecular complexity index is 645. The maximum atomic E-state index is 10.4. The van der Waals surface area contributed by atoms with Crippen LogP contribution < -0.4 is 14.2 Å². The van der Waals surface area contributed by atoms with Crippen molar-refractivity contribution in [2.24, 2.45) is 0 Å². The molecule has 0 fully saturated rings. The molecule has 2 aromatic carbocycles. The van der Waals surface area contributed by atoms with Gasteiger partial charge in [0.15, 0.2) is 0 Å². The van der Waals surface area contributed by atoms with Gasteiger partial charge in [-0.05, 0) is 42.0 Å². The van der Waals surface area contributed by atoms with E-state index in [1.165, 1.54) is 0 Å². The fourth-order valence-electron chi connectivity index (χ4n) is 2.66. The van der Waals surface area contributed by atoms with Crippen molar-refractivity contribution >= 4 is 0 Å². The predicted octanol–water partition coefficient (Wildman–Crippen LogP) is 2.59. The molecule has 2 rings (SSSR count). The highest BCUT2D eigenvalue weighted by Crippen LogP contribution is 2.17. The molecule has 2 aromatic rings. The molecule has 0 saturated carbocycles. The van der Waals surface area contributed by atoms with Crippen molar-refractivity contribution in [1.29, 1.82) is 0 Å². The first kappa shape index (κ1) is 21.0. The lowest BCUT2D eigenvalue weighted by atomic mass is 10.2. The number of ether oxygens (including phenoxy) is 4. The van der Waals surface area contributed by atoms with Crippen LogP contribution in [0.1, 0.15) is 5.56 Å². The van der Waals surface area contributed by atoms with E-state index in [0.717, 1.165) is 23.6 Å². The van der Waals surface area contributed by atoms with Gasteiger partial charge in [-0.3, -0.25) is 4.90 Å². The molecule has 0 aliphatic heterocycles. The van der Waals surface area contributed by atoms with Crippen LogP contribution in [0.3, 0.4) is 0 Å². The minimum atomic E-state index is -0.609. The zero-order chi connectivity index (χ0) is 19.5. The van der Waals surface area contributed by atoms with Gasteiger partial charge in [0.25, 0.3) is 0 Å². The Morgan fingerprint density at radius 1 is 0.852 bits per heavy atom. The summed E-state index contributed by atoms with van der Waals surface area (Å²) in [5.74, 6) is 2.30. The van der Waals surface area contributed by atoms with Crippen LogP contribution in [0.15, 0.2) is 48.5 Å². The van der Waals surface area contributed by atoms with E-state index >= 15 is 0 Å². The molecule has 1 atom stereocenters. The summed E-state index contributed by atoms with van der Waals surface area (Å²) in [5.41, 5.74) is 1.15. The molecule has 27 heavy (non-hydrogen) atoms. The highest BCUT2D eigenvalue weighted by Gasteiger charge is 2.13. The number of benzene rings is 2. The van der Waals surface area contributed by atoms with Crippen molar-refractivity contribution in [3.05, 3.63) is 54.1 Å². The molecule has 0 heterocycles. The van der Waals surface area contributed by atoms with Crippen LogP contribution in [0.4, 0.5) is 0 Å². The highest BCUT2D eigenvalue weighted by atomic mass is 16.5. The second kappa shape index (κ2) is 11.4. The zero-order valence-corrected chi connectivity index (χ0v) is 16.3. The summed E-state index contributed by atoms with van der Waals surface area (Å²) >= 11 is 0. The Kier molecular flexibility index (Phi) is 8.91. The largest absolute Gasteiger partial charge is 0.497 e. The molecular formula is C21H29NO5. The average Bonchev–Trinajstić information content (AvgIpc) is 2.71. The molecule has 1 unspecified atom stereocenters. The normalized spacial score (nSPS) is 12.0. The molecule has 0 aromatic heterocycles. The summed E-state index contributed by atoms with van der Waals surface area (Å²) in [6.07, 6.45) is -0.609. The molecule has 0 amide bonds. The van der Waals surface area contributed by atoms with E-state index in [0.29, 0.717) is 25.4 Å². The third-order valence-electron chi connectivity index (χ3n) is 4.15. The van der Waals surface area contributed by atoms with Crippen molar-refractivity contribution in [1.82, 2.24) is 4.90 Å². The van der Waals surface area contributed by atoms with Crippen LogP contribution in [-0.2, 0) is 11.3 Å². The molecular weight excluding hydrogens is 346 g/mol. The topological polar surface area (TPSA) is 60.4 Å². The lowest BCUT2D eigenvalue weighted by Gasteiger charge is -2.25. The maximum Gasteiger partial charge on any atom is 0.119 e. The Morgan fingerprint density at radius 2 is 1.41 bits per heavy atom. The number of aliphatic hydroxyl groups is 1. The van der Waals surface area contributed by atoms with E-state index in [9.17, 15) is 5.11 Å². The summed E-state index contributed by atoms with van der Waals surface area (Å²) < 4.78 is 21.2. The standard InChI is InChI=1S/C21H29NO5/c1-24-13-12-22(14-17-4-6-19(25-2)7-5-17)15-18(23)16-27-21-10-8-20(26-3)9-11-21/h4-11,18,23H,12-16H2,1-3H3. The van der Waals surface area contributed by atoms with Crippen LogP contribution in [0.2, 0.25) is 0 Å².